The Labute approximate surface area is 124 Å². The number of esters is 1. The van der Waals surface area contributed by atoms with E-state index in [1.54, 1.807) is 6.92 Å². The van der Waals surface area contributed by atoms with E-state index in [-0.39, 0.29) is 6.61 Å². The number of hydrogen-bond acceptors (Lipinski definition) is 4. The summed E-state index contributed by atoms with van der Waals surface area (Å²) < 4.78 is 4.98. The third-order valence-electron chi connectivity index (χ3n) is 3.50. The second-order valence-electron chi connectivity index (χ2n) is 5.09. The van der Waals surface area contributed by atoms with Gasteiger partial charge in [0.05, 0.1) is 6.61 Å². The van der Waals surface area contributed by atoms with Crippen molar-refractivity contribution in [2.24, 2.45) is 0 Å². The van der Waals surface area contributed by atoms with Crippen LogP contribution >= 0.6 is 0 Å². The number of piperidine rings is 1. The highest BCUT2D eigenvalue weighted by Gasteiger charge is 2.34. The van der Waals surface area contributed by atoms with Crippen LogP contribution in [0.1, 0.15) is 46.0 Å². The number of nitrogens with one attached hydrogen (secondary N) is 1. The van der Waals surface area contributed by atoms with Crippen LogP contribution in [0.5, 0.6) is 0 Å². The van der Waals surface area contributed by atoms with Gasteiger partial charge in [-0.15, -0.1) is 0 Å². The summed E-state index contributed by atoms with van der Waals surface area (Å²) in [5.74, 6) is -1.48. The Morgan fingerprint density at radius 1 is 1.33 bits per heavy atom. The van der Waals surface area contributed by atoms with Crippen LogP contribution in [-0.2, 0) is 14.3 Å². The number of ether oxygens (including phenoxy) is 1. The Hall–Kier alpha value is -1.79. The van der Waals surface area contributed by atoms with E-state index in [0.717, 1.165) is 12.8 Å². The first-order valence-corrected chi connectivity index (χ1v) is 7.47. The summed E-state index contributed by atoms with van der Waals surface area (Å²) in [6.45, 7) is 4.27. The number of likely N-dealkylation sites (tertiary alicyclic amines) is 1. The van der Waals surface area contributed by atoms with E-state index in [1.165, 1.54) is 4.90 Å². The molecule has 0 spiro atoms. The van der Waals surface area contributed by atoms with Crippen molar-refractivity contribution in [2.45, 2.75) is 58.0 Å². The number of rotatable bonds is 6. The van der Waals surface area contributed by atoms with Crippen molar-refractivity contribution in [1.29, 1.82) is 0 Å². The Kier molecular flexibility index (Phi) is 6.98. The van der Waals surface area contributed by atoms with Gasteiger partial charge in [0.2, 0.25) is 0 Å². The summed E-state index contributed by atoms with van der Waals surface area (Å²) in [7, 11) is 0. The van der Waals surface area contributed by atoms with Crippen LogP contribution in [0.3, 0.4) is 0 Å². The fourth-order valence-corrected chi connectivity index (χ4v) is 2.44. The first-order valence-electron chi connectivity index (χ1n) is 7.47. The van der Waals surface area contributed by atoms with Crippen molar-refractivity contribution in [2.75, 3.05) is 13.2 Å². The van der Waals surface area contributed by atoms with Crippen LogP contribution < -0.4 is 5.32 Å². The summed E-state index contributed by atoms with van der Waals surface area (Å²) in [6, 6.07) is -2.05. The van der Waals surface area contributed by atoms with Crippen LogP contribution in [-0.4, -0.2) is 53.2 Å². The third-order valence-corrected chi connectivity index (χ3v) is 3.50. The quantitative estimate of drug-likeness (QED) is 0.722. The first-order chi connectivity index (χ1) is 10.0. The molecule has 7 heteroatoms. The average Bonchev–Trinajstić information content (AvgIpc) is 2.46. The standard InChI is InChI=1S/C14H24N2O5/c1-3-7-10(12(17)18)15-14(20)16-9-6-5-8-11(16)13(19)21-4-2/h10-11H,3-9H2,1-2H3,(H,15,20)(H,17,18)/t10-,11?/m0/s1. The number of carbonyl (C=O) groups is 3. The predicted octanol–water partition coefficient (Wildman–Crippen LogP) is 1.37. The number of carbonyl (C=O) groups excluding carboxylic acids is 2. The molecule has 2 N–H and O–H groups in total. The molecule has 0 aromatic carbocycles. The zero-order chi connectivity index (χ0) is 15.8. The van der Waals surface area contributed by atoms with Gasteiger partial charge in [0, 0.05) is 6.54 Å². The van der Waals surface area contributed by atoms with Gasteiger partial charge in [-0.25, -0.2) is 14.4 Å². The number of carboxylic acids is 1. The van der Waals surface area contributed by atoms with Gasteiger partial charge in [-0.05, 0) is 32.6 Å². The number of hydrogen-bond donors (Lipinski definition) is 2. The van der Waals surface area contributed by atoms with Gasteiger partial charge >= 0.3 is 18.0 Å². The minimum absolute atomic E-state index is 0.262. The number of urea groups is 1. The van der Waals surface area contributed by atoms with Crippen molar-refractivity contribution in [3.63, 3.8) is 0 Å². The molecule has 0 bridgehead atoms. The highest BCUT2D eigenvalue weighted by Crippen LogP contribution is 2.18. The van der Waals surface area contributed by atoms with Crippen molar-refractivity contribution in [1.82, 2.24) is 10.2 Å². The minimum atomic E-state index is -1.06. The second kappa shape index (κ2) is 8.49. The van der Waals surface area contributed by atoms with E-state index in [2.05, 4.69) is 5.32 Å². The van der Waals surface area contributed by atoms with Crippen molar-refractivity contribution < 1.29 is 24.2 Å². The Morgan fingerprint density at radius 3 is 2.62 bits per heavy atom. The van der Waals surface area contributed by atoms with Crippen LogP contribution in [0.15, 0.2) is 0 Å². The number of nitrogens with zero attached hydrogens (tertiary/aromatic N) is 1. The highest BCUT2D eigenvalue weighted by molar-refractivity contribution is 5.86. The SMILES string of the molecule is CCC[C@H](NC(=O)N1CCCCC1C(=O)OCC)C(=O)O. The molecule has 1 heterocycles. The molecule has 120 valence electrons. The van der Waals surface area contributed by atoms with Crippen LogP contribution in [0.4, 0.5) is 4.79 Å². The van der Waals surface area contributed by atoms with Crippen molar-refractivity contribution >= 4 is 18.0 Å². The van der Waals surface area contributed by atoms with E-state index in [0.29, 0.717) is 25.8 Å². The number of carboxylic acid groups (broad SMARTS) is 1. The summed E-state index contributed by atoms with van der Waals surface area (Å²) in [5, 5.41) is 11.6. The zero-order valence-corrected chi connectivity index (χ0v) is 12.6. The maximum absolute atomic E-state index is 12.3. The van der Waals surface area contributed by atoms with Gasteiger partial charge in [-0.1, -0.05) is 13.3 Å². The zero-order valence-electron chi connectivity index (χ0n) is 12.6. The lowest BCUT2D eigenvalue weighted by Crippen LogP contribution is -2.55. The molecule has 1 aliphatic heterocycles. The first kappa shape index (κ1) is 17.3. The van der Waals surface area contributed by atoms with Crippen molar-refractivity contribution in [3.8, 4) is 0 Å². The van der Waals surface area contributed by atoms with Gasteiger partial charge in [-0.3, -0.25) is 0 Å². The predicted molar refractivity (Wildman–Crippen MR) is 75.8 cm³/mol. The smallest absolute Gasteiger partial charge is 0.328 e. The molecular formula is C14H24N2O5. The van der Waals surface area contributed by atoms with E-state index >= 15 is 0 Å². The lowest BCUT2D eigenvalue weighted by molar-refractivity contribution is -0.149. The maximum Gasteiger partial charge on any atom is 0.328 e. The van der Waals surface area contributed by atoms with Gasteiger partial charge < -0.3 is 20.1 Å². The molecule has 1 unspecified atom stereocenters. The van der Waals surface area contributed by atoms with E-state index in [1.807, 2.05) is 6.92 Å². The van der Waals surface area contributed by atoms with E-state index in [9.17, 15) is 14.4 Å². The fourth-order valence-electron chi connectivity index (χ4n) is 2.44. The largest absolute Gasteiger partial charge is 0.480 e. The molecule has 2 atom stereocenters. The molecule has 1 aliphatic rings. The molecule has 0 aliphatic carbocycles. The normalized spacial score (nSPS) is 19.7. The minimum Gasteiger partial charge on any atom is -0.480 e. The molecule has 1 fully saturated rings. The molecule has 7 nitrogen and oxygen atoms in total. The molecule has 2 amide bonds. The van der Waals surface area contributed by atoms with Gasteiger partial charge in [-0.2, -0.15) is 0 Å². The van der Waals surface area contributed by atoms with E-state index < -0.39 is 30.1 Å². The Bertz CT molecular complexity index is 386. The second-order valence-corrected chi connectivity index (χ2v) is 5.09. The van der Waals surface area contributed by atoms with Crippen molar-refractivity contribution in [3.05, 3.63) is 0 Å². The van der Waals surface area contributed by atoms with E-state index in [4.69, 9.17) is 9.84 Å². The molecule has 0 aromatic rings. The molecule has 1 rings (SSSR count). The summed E-state index contributed by atoms with van der Waals surface area (Å²) in [6.07, 6.45) is 3.22. The molecule has 0 saturated carbocycles. The Balaban J connectivity index is 2.72. The van der Waals surface area contributed by atoms with Gasteiger partial charge in [0.1, 0.15) is 12.1 Å². The topological polar surface area (TPSA) is 95.9 Å². The molecule has 0 aromatic heterocycles. The number of amides is 2. The highest BCUT2D eigenvalue weighted by atomic mass is 16.5. The summed E-state index contributed by atoms with van der Waals surface area (Å²) in [5.41, 5.74) is 0. The molecule has 1 saturated heterocycles. The molecular weight excluding hydrogens is 276 g/mol. The maximum atomic E-state index is 12.3. The third kappa shape index (κ3) is 4.91. The van der Waals surface area contributed by atoms with Crippen LogP contribution in [0.25, 0.3) is 0 Å². The number of aliphatic carboxylic acids is 1. The van der Waals surface area contributed by atoms with Crippen LogP contribution in [0.2, 0.25) is 0 Å². The monoisotopic (exact) mass is 300 g/mol. The lowest BCUT2D eigenvalue weighted by Gasteiger charge is -2.34. The van der Waals surface area contributed by atoms with Crippen LogP contribution in [0, 0.1) is 0 Å². The molecule has 21 heavy (non-hydrogen) atoms. The summed E-state index contributed by atoms with van der Waals surface area (Å²) >= 11 is 0. The van der Waals surface area contributed by atoms with Gasteiger partial charge in [0.15, 0.2) is 0 Å². The molecule has 0 radical (unpaired) electrons. The fraction of sp³-hybridized carbons (Fsp3) is 0.786. The average molecular weight is 300 g/mol. The Morgan fingerprint density at radius 2 is 2.05 bits per heavy atom. The van der Waals surface area contributed by atoms with Gasteiger partial charge in [0.25, 0.3) is 0 Å². The lowest BCUT2D eigenvalue weighted by atomic mass is 10.0. The summed E-state index contributed by atoms with van der Waals surface area (Å²) in [4.78, 5) is 36.6.